The molecule has 2 rings (SSSR count). The molecule has 6 nitrogen and oxygen atoms in total. The van der Waals surface area contributed by atoms with Crippen LogP contribution in [0.2, 0.25) is 0 Å². The van der Waals surface area contributed by atoms with Crippen LogP contribution in [-0.4, -0.2) is 45.6 Å². The molecule has 92 valence electrons. The number of aromatic nitrogens is 2. The molecule has 0 radical (unpaired) electrons. The van der Waals surface area contributed by atoms with Crippen molar-refractivity contribution in [1.82, 2.24) is 20.0 Å². The number of carbonyl (C=O) groups is 2. The SMILES string of the molecule is CC1CC(=O)NCC(=O)N1CCn1cccn1. The summed E-state index contributed by atoms with van der Waals surface area (Å²) < 4.78 is 1.78. The van der Waals surface area contributed by atoms with E-state index in [2.05, 4.69) is 10.4 Å². The molecule has 1 aliphatic heterocycles. The lowest BCUT2D eigenvalue weighted by molar-refractivity contribution is -0.131. The standard InChI is InChI=1S/C11H16N4O2/c1-9-7-10(16)12-8-11(17)15(9)6-5-14-4-2-3-13-14/h2-4,9H,5-8H2,1H3,(H,12,16). The molecule has 0 spiro atoms. The van der Waals surface area contributed by atoms with E-state index in [4.69, 9.17) is 0 Å². The van der Waals surface area contributed by atoms with E-state index < -0.39 is 0 Å². The van der Waals surface area contributed by atoms with Gasteiger partial charge in [0.2, 0.25) is 11.8 Å². The van der Waals surface area contributed by atoms with Gasteiger partial charge in [0, 0.05) is 31.4 Å². The van der Waals surface area contributed by atoms with Crippen molar-refractivity contribution in [2.45, 2.75) is 25.9 Å². The van der Waals surface area contributed by atoms with Crippen molar-refractivity contribution in [2.24, 2.45) is 0 Å². The molecule has 1 saturated heterocycles. The Morgan fingerprint density at radius 1 is 1.47 bits per heavy atom. The normalized spacial score (nSPS) is 21.2. The fourth-order valence-corrected chi connectivity index (χ4v) is 1.96. The van der Waals surface area contributed by atoms with Gasteiger partial charge in [0.1, 0.15) is 0 Å². The lowest BCUT2D eigenvalue weighted by Gasteiger charge is -2.26. The summed E-state index contributed by atoms with van der Waals surface area (Å²) in [6.45, 7) is 3.22. The van der Waals surface area contributed by atoms with Crippen LogP contribution in [0, 0.1) is 0 Å². The molecule has 1 aromatic heterocycles. The van der Waals surface area contributed by atoms with Gasteiger partial charge in [-0.2, -0.15) is 5.10 Å². The third kappa shape index (κ3) is 2.83. The van der Waals surface area contributed by atoms with E-state index in [1.54, 1.807) is 15.8 Å². The quantitative estimate of drug-likeness (QED) is 0.778. The van der Waals surface area contributed by atoms with Gasteiger partial charge in [-0.1, -0.05) is 0 Å². The van der Waals surface area contributed by atoms with E-state index in [0.717, 1.165) is 0 Å². The van der Waals surface area contributed by atoms with E-state index in [-0.39, 0.29) is 24.4 Å². The third-order valence-electron chi connectivity index (χ3n) is 2.90. The summed E-state index contributed by atoms with van der Waals surface area (Å²) in [6, 6.07) is 1.79. The molecule has 2 amide bonds. The van der Waals surface area contributed by atoms with Crippen LogP contribution in [-0.2, 0) is 16.1 Å². The Morgan fingerprint density at radius 3 is 3.00 bits per heavy atom. The van der Waals surface area contributed by atoms with Crippen LogP contribution in [0.3, 0.4) is 0 Å². The first-order valence-corrected chi connectivity index (χ1v) is 5.70. The van der Waals surface area contributed by atoms with Crippen LogP contribution in [0.4, 0.5) is 0 Å². The highest BCUT2D eigenvalue weighted by Gasteiger charge is 2.25. The maximum atomic E-state index is 11.8. The van der Waals surface area contributed by atoms with Crippen molar-refractivity contribution in [2.75, 3.05) is 13.1 Å². The second kappa shape index (κ2) is 4.99. The molecular formula is C11H16N4O2. The van der Waals surface area contributed by atoms with E-state index in [0.29, 0.717) is 19.5 Å². The van der Waals surface area contributed by atoms with Crippen LogP contribution >= 0.6 is 0 Å². The number of amides is 2. The van der Waals surface area contributed by atoms with Crippen LogP contribution < -0.4 is 5.32 Å². The molecule has 1 fully saturated rings. The Morgan fingerprint density at radius 2 is 2.29 bits per heavy atom. The second-order valence-electron chi connectivity index (χ2n) is 4.19. The monoisotopic (exact) mass is 236 g/mol. The highest BCUT2D eigenvalue weighted by Crippen LogP contribution is 2.08. The number of nitrogens with zero attached hydrogens (tertiary/aromatic N) is 3. The Hall–Kier alpha value is -1.85. The first-order chi connectivity index (χ1) is 8.16. The van der Waals surface area contributed by atoms with E-state index in [1.807, 2.05) is 19.2 Å². The Balaban J connectivity index is 1.97. The van der Waals surface area contributed by atoms with Gasteiger partial charge in [0.25, 0.3) is 0 Å². The van der Waals surface area contributed by atoms with Gasteiger partial charge >= 0.3 is 0 Å². The summed E-state index contributed by atoms with van der Waals surface area (Å²) in [5.41, 5.74) is 0. The fraction of sp³-hybridized carbons (Fsp3) is 0.545. The van der Waals surface area contributed by atoms with Crippen LogP contribution in [0.5, 0.6) is 0 Å². The van der Waals surface area contributed by atoms with Crippen molar-refractivity contribution in [3.8, 4) is 0 Å². The average Bonchev–Trinajstić information content (AvgIpc) is 2.75. The van der Waals surface area contributed by atoms with Gasteiger partial charge in [-0.3, -0.25) is 14.3 Å². The second-order valence-corrected chi connectivity index (χ2v) is 4.19. The summed E-state index contributed by atoms with van der Waals surface area (Å²) in [6.07, 6.45) is 3.93. The Kier molecular flexibility index (Phi) is 3.41. The average molecular weight is 236 g/mol. The van der Waals surface area contributed by atoms with Gasteiger partial charge < -0.3 is 10.2 Å². The number of nitrogens with one attached hydrogen (secondary N) is 1. The number of carbonyl (C=O) groups excluding carboxylic acids is 2. The van der Waals surface area contributed by atoms with Gasteiger partial charge in [-0.15, -0.1) is 0 Å². The first kappa shape index (κ1) is 11.6. The molecule has 6 heteroatoms. The molecule has 1 N–H and O–H groups in total. The highest BCUT2D eigenvalue weighted by atomic mass is 16.2. The molecule has 1 atom stereocenters. The smallest absolute Gasteiger partial charge is 0.242 e. The molecule has 0 aromatic carbocycles. The largest absolute Gasteiger partial charge is 0.347 e. The molecule has 1 unspecified atom stereocenters. The third-order valence-corrected chi connectivity index (χ3v) is 2.90. The summed E-state index contributed by atoms with van der Waals surface area (Å²) in [7, 11) is 0. The Bertz CT molecular complexity index is 402. The van der Waals surface area contributed by atoms with Crippen LogP contribution in [0.15, 0.2) is 18.5 Å². The van der Waals surface area contributed by atoms with E-state index in [1.165, 1.54) is 0 Å². The topological polar surface area (TPSA) is 67.2 Å². The highest BCUT2D eigenvalue weighted by molar-refractivity contribution is 5.87. The van der Waals surface area contributed by atoms with Crippen molar-refractivity contribution < 1.29 is 9.59 Å². The van der Waals surface area contributed by atoms with Gasteiger partial charge in [0.15, 0.2) is 0 Å². The van der Waals surface area contributed by atoms with Crippen LogP contribution in [0.25, 0.3) is 0 Å². The van der Waals surface area contributed by atoms with Crippen molar-refractivity contribution in [1.29, 1.82) is 0 Å². The molecule has 0 aliphatic carbocycles. The van der Waals surface area contributed by atoms with Crippen molar-refractivity contribution in [3.63, 3.8) is 0 Å². The van der Waals surface area contributed by atoms with E-state index >= 15 is 0 Å². The molecule has 0 bridgehead atoms. The molecule has 2 heterocycles. The minimum absolute atomic E-state index is 0.0319. The summed E-state index contributed by atoms with van der Waals surface area (Å²) >= 11 is 0. The maximum absolute atomic E-state index is 11.8. The lowest BCUT2D eigenvalue weighted by Crippen LogP contribution is -2.41. The van der Waals surface area contributed by atoms with Gasteiger partial charge in [0.05, 0.1) is 13.1 Å². The molecule has 17 heavy (non-hydrogen) atoms. The van der Waals surface area contributed by atoms with Gasteiger partial charge in [-0.25, -0.2) is 0 Å². The predicted molar refractivity (Wildman–Crippen MR) is 61.0 cm³/mol. The summed E-state index contributed by atoms with van der Waals surface area (Å²) in [4.78, 5) is 24.9. The zero-order valence-corrected chi connectivity index (χ0v) is 9.80. The number of hydrogen-bond donors (Lipinski definition) is 1. The summed E-state index contributed by atoms with van der Waals surface area (Å²) in [5, 5.41) is 6.68. The number of rotatable bonds is 3. The molecule has 1 aliphatic rings. The van der Waals surface area contributed by atoms with Crippen molar-refractivity contribution >= 4 is 11.8 Å². The summed E-state index contributed by atoms with van der Waals surface area (Å²) in [5.74, 6) is -0.0945. The van der Waals surface area contributed by atoms with Crippen molar-refractivity contribution in [3.05, 3.63) is 18.5 Å². The van der Waals surface area contributed by atoms with Crippen LogP contribution in [0.1, 0.15) is 13.3 Å². The zero-order valence-electron chi connectivity index (χ0n) is 9.80. The maximum Gasteiger partial charge on any atom is 0.242 e. The predicted octanol–water partition coefficient (Wildman–Crippen LogP) is -0.380. The fourth-order valence-electron chi connectivity index (χ4n) is 1.96. The lowest BCUT2D eigenvalue weighted by atomic mass is 10.2. The number of hydrogen-bond acceptors (Lipinski definition) is 3. The molecular weight excluding hydrogens is 220 g/mol. The van der Waals surface area contributed by atoms with E-state index in [9.17, 15) is 9.59 Å². The first-order valence-electron chi connectivity index (χ1n) is 5.70. The molecule has 1 aromatic rings. The minimum atomic E-state index is -0.0626. The van der Waals surface area contributed by atoms with Gasteiger partial charge in [-0.05, 0) is 13.0 Å². The minimum Gasteiger partial charge on any atom is -0.347 e. The zero-order chi connectivity index (χ0) is 12.3. The molecule has 0 saturated carbocycles. The Labute approximate surface area is 99.6 Å².